The van der Waals surface area contributed by atoms with Crippen molar-refractivity contribution in [3.05, 3.63) is 42.5 Å². The molecule has 184 valence electrons. The second kappa shape index (κ2) is 12.4. The molecule has 0 fully saturated rings. The van der Waals surface area contributed by atoms with Gasteiger partial charge in [-0.25, -0.2) is 4.79 Å². The number of anilines is 2. The molecule has 2 aromatic carbocycles. The van der Waals surface area contributed by atoms with Crippen LogP contribution in [0.3, 0.4) is 0 Å². The van der Waals surface area contributed by atoms with Crippen molar-refractivity contribution in [2.45, 2.75) is 18.2 Å². The van der Waals surface area contributed by atoms with Gasteiger partial charge in [0.2, 0.25) is 11.9 Å². The van der Waals surface area contributed by atoms with Crippen molar-refractivity contribution >= 4 is 39.5 Å². The lowest BCUT2D eigenvalue weighted by Crippen LogP contribution is -2.35. The van der Waals surface area contributed by atoms with Gasteiger partial charge >= 0.3 is 16.2 Å². The molecule has 0 unspecified atom stereocenters. The van der Waals surface area contributed by atoms with Crippen molar-refractivity contribution < 1.29 is 36.4 Å². The van der Waals surface area contributed by atoms with Crippen molar-refractivity contribution in [1.29, 1.82) is 5.41 Å². The van der Waals surface area contributed by atoms with E-state index in [1.54, 1.807) is 12.1 Å². The number of alkyl carbamates (subject to hydrolysis) is 1. The van der Waals surface area contributed by atoms with Crippen molar-refractivity contribution in [3.63, 3.8) is 0 Å². The van der Waals surface area contributed by atoms with Gasteiger partial charge in [0.25, 0.3) is 0 Å². The summed E-state index contributed by atoms with van der Waals surface area (Å²) >= 11 is 0. The number of amides is 2. The first kappa shape index (κ1) is 26.4. The van der Waals surface area contributed by atoms with Crippen LogP contribution in [0.15, 0.2) is 47.4 Å². The normalized spacial score (nSPS) is 10.7. The van der Waals surface area contributed by atoms with Gasteiger partial charge in [-0.15, -0.1) is 0 Å². The molecule has 0 aliphatic carbocycles. The molecule has 0 spiro atoms. The van der Waals surface area contributed by atoms with Crippen LogP contribution in [0, 0.1) is 5.41 Å². The summed E-state index contributed by atoms with van der Waals surface area (Å²) in [6.45, 7) is 2.15. The number of hydrogen-bond acceptors (Lipinski definition) is 9. The fourth-order valence-electron chi connectivity index (χ4n) is 2.54. The average molecular weight is 495 g/mol. The smallest absolute Gasteiger partial charge is 0.413 e. The maximum absolute atomic E-state index is 12.9. The molecule has 4 N–H and O–H groups in total. The van der Waals surface area contributed by atoms with Crippen LogP contribution in [0.5, 0.6) is 11.5 Å². The summed E-state index contributed by atoms with van der Waals surface area (Å²) in [5, 5.41) is 15.0. The molecule has 0 bridgehead atoms. The zero-order valence-electron chi connectivity index (χ0n) is 18.8. The molecule has 0 aliphatic rings. The van der Waals surface area contributed by atoms with Gasteiger partial charge in [-0.1, -0.05) is 13.0 Å². The summed E-state index contributed by atoms with van der Waals surface area (Å²) in [5.74, 6) is -0.546. The van der Waals surface area contributed by atoms with Crippen molar-refractivity contribution in [3.8, 4) is 11.5 Å². The van der Waals surface area contributed by atoms with Gasteiger partial charge in [0.05, 0.1) is 25.1 Å². The fraction of sp³-hybridized carbons (Fsp3) is 0.286. The highest BCUT2D eigenvalue weighted by Gasteiger charge is 2.20. The summed E-state index contributed by atoms with van der Waals surface area (Å²) in [4.78, 5) is 23.0. The van der Waals surface area contributed by atoms with E-state index in [1.165, 1.54) is 31.4 Å². The predicted octanol–water partition coefficient (Wildman–Crippen LogP) is 2.53. The third-order valence-corrected chi connectivity index (χ3v) is 5.23. The molecule has 13 heteroatoms. The lowest BCUT2D eigenvalue weighted by molar-refractivity contribution is -0.119. The number of carbonyl (C=O) groups excluding carboxylic acids is 2. The molecule has 0 aliphatic heterocycles. The number of rotatable bonds is 10. The minimum Gasteiger partial charge on any atom is -0.493 e. The van der Waals surface area contributed by atoms with Crippen LogP contribution in [0.4, 0.5) is 16.2 Å². The highest BCUT2D eigenvalue weighted by atomic mass is 32.2. The molecule has 2 aromatic rings. The van der Waals surface area contributed by atoms with Gasteiger partial charge in [0.1, 0.15) is 23.0 Å². The molecule has 2 rings (SSSR count). The van der Waals surface area contributed by atoms with Crippen LogP contribution in [-0.4, -0.2) is 53.8 Å². The number of methoxy groups -OCH3 is 2. The van der Waals surface area contributed by atoms with E-state index >= 15 is 0 Å². The Bertz CT molecular complexity index is 1140. The zero-order valence-corrected chi connectivity index (χ0v) is 19.7. The Labute approximate surface area is 197 Å². The Balaban J connectivity index is 2.33. The van der Waals surface area contributed by atoms with Crippen molar-refractivity contribution in [2.75, 3.05) is 38.1 Å². The molecule has 0 heterocycles. The summed E-state index contributed by atoms with van der Waals surface area (Å²) < 4.78 is 45.7. The Morgan fingerprint density at radius 3 is 2.41 bits per heavy atom. The van der Waals surface area contributed by atoms with Crippen LogP contribution in [-0.2, 0) is 24.4 Å². The van der Waals surface area contributed by atoms with Crippen LogP contribution in [0.25, 0.3) is 0 Å². The minimum absolute atomic E-state index is 0.00411. The van der Waals surface area contributed by atoms with Gasteiger partial charge in [-0.3, -0.25) is 15.5 Å². The lowest BCUT2D eigenvalue weighted by atomic mass is 10.2. The molecule has 0 aromatic heterocycles. The van der Waals surface area contributed by atoms with Gasteiger partial charge in [-0.2, -0.15) is 8.42 Å². The van der Waals surface area contributed by atoms with E-state index in [9.17, 15) is 18.0 Å². The van der Waals surface area contributed by atoms with Crippen LogP contribution in [0.2, 0.25) is 0 Å². The first-order chi connectivity index (χ1) is 16.2. The minimum atomic E-state index is -4.31. The molecule has 2 amide bonds. The topological polar surface area (TPSA) is 165 Å². The number of benzene rings is 2. The molecule has 0 saturated heterocycles. The first-order valence-corrected chi connectivity index (χ1v) is 11.4. The van der Waals surface area contributed by atoms with Crippen LogP contribution < -0.4 is 24.9 Å². The highest BCUT2D eigenvalue weighted by molar-refractivity contribution is 7.87. The Morgan fingerprint density at radius 1 is 1.00 bits per heavy atom. The SMILES string of the molecule is CCCOc1cccc(OS(=O)(=O)c2ccc(NC(=O)COC)c(NC(=N)NC(=O)OC)c2)c1. The molecular weight excluding hydrogens is 468 g/mol. The van der Waals surface area contributed by atoms with Crippen LogP contribution in [0.1, 0.15) is 13.3 Å². The fourth-order valence-corrected chi connectivity index (χ4v) is 3.49. The van der Waals surface area contributed by atoms with Gasteiger partial charge in [-0.05, 0) is 36.8 Å². The number of hydrogen-bond donors (Lipinski definition) is 4. The maximum atomic E-state index is 12.9. The molecule has 34 heavy (non-hydrogen) atoms. The standard InChI is InChI=1S/C21H26N4O8S/c1-4-10-32-14-6-5-7-15(11-14)33-34(28,29)16-8-9-17(23-19(26)13-30-2)18(12-16)24-20(22)25-21(27)31-3/h5-9,11-12H,4,10,13H2,1-3H3,(H,23,26)(H3,22,24,25,27). The molecular formula is C21H26N4O8S. The van der Waals surface area contributed by atoms with E-state index in [0.29, 0.717) is 12.4 Å². The number of nitrogens with one attached hydrogen (secondary N) is 4. The quantitative estimate of drug-likeness (QED) is 0.221. The summed E-state index contributed by atoms with van der Waals surface area (Å²) in [7, 11) is -1.85. The summed E-state index contributed by atoms with van der Waals surface area (Å²) in [5.41, 5.74) is 0.128. The monoisotopic (exact) mass is 494 g/mol. The average Bonchev–Trinajstić information content (AvgIpc) is 2.78. The van der Waals surface area contributed by atoms with Crippen molar-refractivity contribution in [2.24, 2.45) is 0 Å². The van der Waals surface area contributed by atoms with Gasteiger partial charge in [0.15, 0.2) is 0 Å². The second-order valence-electron chi connectivity index (χ2n) is 6.67. The van der Waals surface area contributed by atoms with Crippen molar-refractivity contribution in [1.82, 2.24) is 5.32 Å². The molecule has 0 radical (unpaired) electrons. The third-order valence-electron chi connectivity index (χ3n) is 3.99. The Morgan fingerprint density at radius 2 is 1.74 bits per heavy atom. The van der Waals surface area contributed by atoms with E-state index < -0.39 is 28.1 Å². The van der Waals surface area contributed by atoms with Gasteiger partial charge < -0.3 is 29.0 Å². The Kier molecular flexibility index (Phi) is 9.64. The number of guanidine groups is 1. The van der Waals surface area contributed by atoms with E-state index in [-0.39, 0.29) is 28.6 Å². The molecule has 0 saturated carbocycles. The Hall–Kier alpha value is -3.84. The summed E-state index contributed by atoms with van der Waals surface area (Å²) in [6.07, 6.45) is -0.133. The van der Waals surface area contributed by atoms with E-state index in [2.05, 4.69) is 20.7 Å². The maximum Gasteiger partial charge on any atom is 0.413 e. The molecule has 12 nitrogen and oxygen atoms in total. The number of carbonyl (C=O) groups is 2. The van der Waals surface area contributed by atoms with Crippen LogP contribution >= 0.6 is 0 Å². The largest absolute Gasteiger partial charge is 0.493 e. The third kappa shape index (κ3) is 7.94. The highest BCUT2D eigenvalue weighted by Crippen LogP contribution is 2.28. The van der Waals surface area contributed by atoms with Gasteiger partial charge in [0, 0.05) is 13.2 Å². The predicted molar refractivity (Wildman–Crippen MR) is 124 cm³/mol. The second-order valence-corrected chi connectivity index (χ2v) is 8.21. The number of ether oxygens (including phenoxy) is 3. The lowest BCUT2D eigenvalue weighted by Gasteiger charge is -2.16. The van der Waals surface area contributed by atoms with E-state index in [4.69, 9.17) is 19.1 Å². The zero-order chi connectivity index (χ0) is 25.1. The summed E-state index contributed by atoms with van der Waals surface area (Å²) in [6, 6.07) is 9.84. The van der Waals surface area contributed by atoms with E-state index in [1.807, 2.05) is 6.92 Å². The first-order valence-electron chi connectivity index (χ1n) is 9.99. The molecule has 0 atom stereocenters. The van der Waals surface area contributed by atoms with E-state index in [0.717, 1.165) is 19.6 Å².